The fourth-order valence-electron chi connectivity index (χ4n) is 3.78. The Hall–Kier alpha value is -5.84. The van der Waals surface area contributed by atoms with Crippen LogP contribution in [-0.2, 0) is 4.79 Å². The minimum atomic E-state index is -0.671. The summed E-state index contributed by atoms with van der Waals surface area (Å²) in [5.74, 6) is 0.369. The van der Waals surface area contributed by atoms with Gasteiger partial charge in [-0.05, 0) is 71.8 Å². The Labute approximate surface area is 226 Å². The maximum atomic E-state index is 13.2. The van der Waals surface area contributed by atoms with Gasteiger partial charge in [0, 0.05) is 18.2 Å². The van der Waals surface area contributed by atoms with Gasteiger partial charge in [0.05, 0.1) is 35.4 Å². The molecular formula is C29H20N4O7. The molecule has 11 heteroatoms. The molecule has 0 unspecified atom stereocenters. The monoisotopic (exact) mass is 536 g/mol. The number of carbonyl (C=O) groups excluding carboxylic acids is 1. The summed E-state index contributed by atoms with van der Waals surface area (Å²) >= 11 is 0. The molecule has 0 aliphatic rings. The normalized spacial score (nSPS) is 11.3. The molecule has 0 N–H and O–H groups in total. The maximum absolute atomic E-state index is 13.2. The van der Waals surface area contributed by atoms with Gasteiger partial charge in [-0.25, -0.2) is 9.78 Å². The molecule has 198 valence electrons. The molecule has 3 aromatic carbocycles. The number of methoxy groups -OCH3 is 1. The van der Waals surface area contributed by atoms with Crippen LogP contribution in [0.2, 0.25) is 0 Å². The highest BCUT2D eigenvalue weighted by Gasteiger charge is 2.15. The molecule has 0 bridgehead atoms. The number of ether oxygens (including phenoxy) is 2. The quantitative estimate of drug-likeness (QED) is 0.0668. The Morgan fingerprint density at radius 2 is 1.80 bits per heavy atom. The summed E-state index contributed by atoms with van der Waals surface area (Å²) in [4.78, 5) is 40.4. The molecule has 5 rings (SSSR count). The molecule has 0 fully saturated rings. The number of aromatic nitrogens is 2. The largest absolute Gasteiger partial charge is 0.493 e. The second-order valence-electron chi connectivity index (χ2n) is 8.30. The van der Waals surface area contributed by atoms with E-state index < -0.39 is 10.9 Å². The van der Waals surface area contributed by atoms with Crippen LogP contribution < -0.4 is 15.0 Å². The second-order valence-corrected chi connectivity index (χ2v) is 8.30. The molecule has 0 radical (unpaired) electrons. The fourth-order valence-corrected chi connectivity index (χ4v) is 3.78. The van der Waals surface area contributed by atoms with Crippen LogP contribution in [0.3, 0.4) is 0 Å². The Morgan fingerprint density at radius 1 is 1.02 bits per heavy atom. The van der Waals surface area contributed by atoms with E-state index in [1.54, 1.807) is 48.5 Å². The Morgan fingerprint density at radius 3 is 2.52 bits per heavy atom. The van der Waals surface area contributed by atoms with Gasteiger partial charge in [-0.3, -0.25) is 14.9 Å². The van der Waals surface area contributed by atoms with E-state index in [1.165, 1.54) is 62.1 Å². The summed E-state index contributed by atoms with van der Waals surface area (Å²) < 4.78 is 17.4. The van der Waals surface area contributed by atoms with Crippen molar-refractivity contribution in [1.29, 1.82) is 0 Å². The summed E-state index contributed by atoms with van der Waals surface area (Å²) in [5, 5.41) is 15.5. The van der Waals surface area contributed by atoms with E-state index in [0.717, 1.165) is 4.68 Å². The average Bonchev–Trinajstić information content (AvgIpc) is 3.51. The summed E-state index contributed by atoms with van der Waals surface area (Å²) in [6.45, 7) is 0. The number of nitrogens with zero attached hydrogens (tertiary/aromatic N) is 4. The average molecular weight is 537 g/mol. The van der Waals surface area contributed by atoms with Gasteiger partial charge in [0.2, 0.25) is 5.82 Å². The van der Waals surface area contributed by atoms with E-state index in [-0.39, 0.29) is 28.6 Å². The lowest BCUT2D eigenvalue weighted by molar-refractivity contribution is -0.384. The third kappa shape index (κ3) is 5.53. The van der Waals surface area contributed by atoms with Crippen molar-refractivity contribution in [2.24, 2.45) is 5.10 Å². The number of esters is 1. The first-order chi connectivity index (χ1) is 19.4. The number of non-ortho nitro benzene ring substituents is 1. The molecule has 0 atom stereocenters. The van der Waals surface area contributed by atoms with Gasteiger partial charge in [-0.2, -0.15) is 9.78 Å². The third-order valence-electron chi connectivity index (χ3n) is 5.73. The molecular weight excluding hydrogens is 516 g/mol. The molecule has 40 heavy (non-hydrogen) atoms. The Bertz CT molecular complexity index is 1820. The minimum Gasteiger partial charge on any atom is -0.493 e. The number of furan rings is 1. The smallest absolute Gasteiger partial charge is 0.336 e. The van der Waals surface area contributed by atoms with Crippen LogP contribution in [0.5, 0.6) is 11.5 Å². The molecule has 0 saturated carbocycles. The summed E-state index contributed by atoms with van der Waals surface area (Å²) in [5.41, 5.74) is 1.25. The summed E-state index contributed by atoms with van der Waals surface area (Å²) in [6.07, 6.45) is 5.61. The molecule has 11 nitrogen and oxygen atoms in total. The number of rotatable bonds is 8. The molecule has 0 aliphatic carbocycles. The number of hydrogen-bond donors (Lipinski definition) is 0. The highest BCUT2D eigenvalue weighted by molar-refractivity contribution is 5.89. The third-order valence-corrected chi connectivity index (χ3v) is 5.73. The van der Waals surface area contributed by atoms with Crippen LogP contribution in [0.4, 0.5) is 5.69 Å². The predicted molar refractivity (Wildman–Crippen MR) is 147 cm³/mol. The Kier molecular flexibility index (Phi) is 7.27. The SMILES string of the molecule is COc1cc(C=Nn2c(-c3ccco3)nc3ccccc3c2=O)ccc1OC(=O)/C=C/c1ccc([N+](=O)[O-])cc1. The van der Waals surface area contributed by atoms with Crippen molar-refractivity contribution in [3.63, 3.8) is 0 Å². The van der Waals surface area contributed by atoms with Crippen LogP contribution >= 0.6 is 0 Å². The van der Waals surface area contributed by atoms with Crippen LogP contribution in [0.1, 0.15) is 11.1 Å². The number of nitro groups is 1. The van der Waals surface area contributed by atoms with E-state index >= 15 is 0 Å². The number of hydrogen-bond acceptors (Lipinski definition) is 9. The minimum absolute atomic E-state index is 0.0490. The van der Waals surface area contributed by atoms with Crippen LogP contribution in [0, 0.1) is 10.1 Å². The number of nitro benzene ring substituents is 1. The van der Waals surface area contributed by atoms with Crippen LogP contribution in [0.25, 0.3) is 28.6 Å². The highest BCUT2D eigenvalue weighted by Crippen LogP contribution is 2.28. The van der Waals surface area contributed by atoms with Crippen molar-refractivity contribution in [1.82, 2.24) is 9.66 Å². The summed E-state index contributed by atoms with van der Waals surface area (Å²) in [7, 11) is 1.42. The number of para-hydroxylation sites is 1. The lowest BCUT2D eigenvalue weighted by Crippen LogP contribution is -2.20. The molecule has 0 spiro atoms. The van der Waals surface area contributed by atoms with Gasteiger partial charge in [-0.1, -0.05) is 12.1 Å². The predicted octanol–water partition coefficient (Wildman–Crippen LogP) is 5.07. The van der Waals surface area contributed by atoms with Crippen molar-refractivity contribution in [2.75, 3.05) is 7.11 Å². The second kappa shape index (κ2) is 11.3. The molecule has 0 saturated heterocycles. The lowest BCUT2D eigenvalue weighted by Gasteiger charge is -2.09. The van der Waals surface area contributed by atoms with Crippen molar-refractivity contribution in [2.45, 2.75) is 0 Å². The number of benzene rings is 3. The van der Waals surface area contributed by atoms with Crippen molar-refractivity contribution >= 4 is 34.9 Å². The van der Waals surface area contributed by atoms with Gasteiger partial charge in [0.1, 0.15) is 0 Å². The number of carbonyl (C=O) groups is 1. The van der Waals surface area contributed by atoms with Gasteiger partial charge >= 0.3 is 5.97 Å². The molecule has 0 aliphatic heterocycles. The zero-order valence-electron chi connectivity index (χ0n) is 21.0. The lowest BCUT2D eigenvalue weighted by atomic mass is 10.2. The van der Waals surface area contributed by atoms with Crippen molar-refractivity contribution in [3.05, 3.63) is 123 Å². The van der Waals surface area contributed by atoms with E-state index in [0.29, 0.717) is 27.8 Å². The fraction of sp³-hybridized carbons (Fsp3) is 0.0345. The first-order valence-corrected chi connectivity index (χ1v) is 11.9. The first kappa shape index (κ1) is 25.8. The van der Waals surface area contributed by atoms with Gasteiger partial charge in [0.25, 0.3) is 11.2 Å². The van der Waals surface area contributed by atoms with E-state index in [9.17, 15) is 19.7 Å². The zero-order chi connectivity index (χ0) is 28.1. The molecule has 2 aromatic heterocycles. The Balaban J connectivity index is 1.38. The number of fused-ring (bicyclic) bond motifs is 1. The van der Waals surface area contributed by atoms with Gasteiger partial charge in [-0.15, -0.1) is 0 Å². The molecule has 0 amide bonds. The van der Waals surface area contributed by atoms with Crippen LogP contribution in [-0.4, -0.2) is 33.9 Å². The molecule has 2 heterocycles. The van der Waals surface area contributed by atoms with E-state index in [4.69, 9.17) is 13.9 Å². The standard InChI is InChI=1S/C29H20N4O7/c1-38-26-17-20(10-14-24(26)40-27(34)15-11-19-8-12-21(13-9-19)33(36)37)18-30-32-28(25-7-4-16-39-25)31-23-6-3-2-5-22(23)29(32)35/h2-18H,1H3/b15-11+,30-18?. The van der Waals surface area contributed by atoms with E-state index in [1.807, 2.05) is 0 Å². The van der Waals surface area contributed by atoms with Crippen LogP contribution in [0.15, 0.2) is 106 Å². The van der Waals surface area contributed by atoms with Gasteiger partial charge in [0.15, 0.2) is 17.3 Å². The summed E-state index contributed by atoms with van der Waals surface area (Å²) in [6, 6.07) is 20.8. The topological polar surface area (TPSA) is 139 Å². The molecule has 5 aromatic rings. The van der Waals surface area contributed by atoms with Crippen molar-refractivity contribution in [3.8, 4) is 23.1 Å². The van der Waals surface area contributed by atoms with Gasteiger partial charge < -0.3 is 13.9 Å². The van der Waals surface area contributed by atoms with Crippen molar-refractivity contribution < 1.29 is 23.6 Å². The zero-order valence-corrected chi connectivity index (χ0v) is 21.0. The van der Waals surface area contributed by atoms with E-state index in [2.05, 4.69) is 10.1 Å². The maximum Gasteiger partial charge on any atom is 0.336 e. The highest BCUT2D eigenvalue weighted by atomic mass is 16.6. The first-order valence-electron chi connectivity index (χ1n) is 11.9.